The quantitative estimate of drug-likeness (QED) is 0.728. The van der Waals surface area contributed by atoms with Crippen LogP contribution in [0, 0.1) is 11.8 Å². The van der Waals surface area contributed by atoms with Crippen LogP contribution in [0.4, 0.5) is 0 Å². The summed E-state index contributed by atoms with van der Waals surface area (Å²) in [5.41, 5.74) is 0. The highest BCUT2D eigenvalue weighted by atomic mass is 16.3. The van der Waals surface area contributed by atoms with E-state index in [1.165, 1.54) is 38.5 Å². The number of hydrogen-bond donors (Lipinski definition) is 2. The van der Waals surface area contributed by atoms with E-state index >= 15 is 0 Å². The van der Waals surface area contributed by atoms with Crippen molar-refractivity contribution >= 4 is 0 Å². The number of hydrogen-bond acceptors (Lipinski definition) is 2. The van der Waals surface area contributed by atoms with Crippen LogP contribution in [0.2, 0.25) is 0 Å². The summed E-state index contributed by atoms with van der Waals surface area (Å²) in [6.07, 6.45) is 10.7. The van der Waals surface area contributed by atoms with Crippen LogP contribution in [-0.2, 0) is 0 Å². The number of rotatable bonds is 6. The van der Waals surface area contributed by atoms with E-state index in [0.29, 0.717) is 12.6 Å². The monoisotopic (exact) mass is 225 g/mol. The van der Waals surface area contributed by atoms with Crippen LogP contribution in [0.5, 0.6) is 0 Å². The minimum atomic E-state index is 0.324. The smallest absolute Gasteiger partial charge is 0.0445 e. The summed E-state index contributed by atoms with van der Waals surface area (Å²) >= 11 is 0. The zero-order chi connectivity index (χ0) is 11.4. The molecule has 2 nitrogen and oxygen atoms in total. The molecule has 2 fully saturated rings. The predicted molar refractivity (Wildman–Crippen MR) is 67.4 cm³/mol. The van der Waals surface area contributed by atoms with Gasteiger partial charge in [0, 0.05) is 18.7 Å². The molecule has 2 aliphatic carbocycles. The summed E-state index contributed by atoms with van der Waals surface area (Å²) in [5.74, 6) is 2.08. The lowest BCUT2D eigenvalue weighted by Gasteiger charge is -2.32. The topological polar surface area (TPSA) is 32.3 Å². The van der Waals surface area contributed by atoms with E-state index in [2.05, 4.69) is 12.2 Å². The summed E-state index contributed by atoms with van der Waals surface area (Å²) in [6.45, 7) is 2.54. The molecule has 2 rings (SSSR count). The van der Waals surface area contributed by atoms with Gasteiger partial charge in [-0.05, 0) is 50.4 Å². The molecule has 0 aliphatic heterocycles. The van der Waals surface area contributed by atoms with Crippen LogP contribution in [0.25, 0.3) is 0 Å². The molecule has 0 heterocycles. The summed E-state index contributed by atoms with van der Waals surface area (Å²) in [7, 11) is 0. The zero-order valence-electron chi connectivity index (χ0n) is 10.6. The second kappa shape index (κ2) is 6.02. The Morgan fingerprint density at radius 1 is 1.19 bits per heavy atom. The summed E-state index contributed by atoms with van der Waals surface area (Å²) < 4.78 is 0. The molecule has 3 atom stereocenters. The first kappa shape index (κ1) is 12.4. The Kier molecular flexibility index (Phi) is 4.66. The van der Waals surface area contributed by atoms with Gasteiger partial charge in [0.2, 0.25) is 0 Å². The first-order chi connectivity index (χ1) is 7.83. The van der Waals surface area contributed by atoms with Crippen LogP contribution in [0.1, 0.15) is 58.3 Å². The van der Waals surface area contributed by atoms with Gasteiger partial charge < -0.3 is 10.4 Å². The average Bonchev–Trinajstić information content (AvgIpc) is 3.13. The molecule has 2 heteroatoms. The van der Waals surface area contributed by atoms with Gasteiger partial charge in [0.05, 0.1) is 0 Å². The highest BCUT2D eigenvalue weighted by Gasteiger charge is 2.34. The van der Waals surface area contributed by atoms with Crippen molar-refractivity contribution in [2.75, 3.05) is 6.61 Å². The second-order valence-corrected chi connectivity index (χ2v) is 5.75. The molecular weight excluding hydrogens is 198 g/mol. The van der Waals surface area contributed by atoms with Gasteiger partial charge in [-0.3, -0.25) is 0 Å². The molecule has 0 aromatic rings. The maximum atomic E-state index is 9.01. The summed E-state index contributed by atoms with van der Waals surface area (Å²) in [5, 5.41) is 12.8. The van der Waals surface area contributed by atoms with E-state index in [1.807, 2.05) is 0 Å². The van der Waals surface area contributed by atoms with Crippen LogP contribution in [0.15, 0.2) is 0 Å². The minimum absolute atomic E-state index is 0.324. The fraction of sp³-hybridized carbons (Fsp3) is 1.00. The third kappa shape index (κ3) is 3.46. The highest BCUT2D eigenvalue weighted by Crippen LogP contribution is 2.43. The van der Waals surface area contributed by atoms with E-state index < -0.39 is 0 Å². The molecule has 0 spiro atoms. The highest BCUT2D eigenvalue weighted by molar-refractivity contribution is 4.88. The van der Waals surface area contributed by atoms with Crippen LogP contribution < -0.4 is 5.32 Å². The van der Waals surface area contributed by atoms with Gasteiger partial charge in [-0.15, -0.1) is 0 Å². The van der Waals surface area contributed by atoms with Crippen molar-refractivity contribution in [3.05, 3.63) is 0 Å². The van der Waals surface area contributed by atoms with Crippen molar-refractivity contribution in [1.82, 2.24) is 5.32 Å². The molecule has 94 valence electrons. The molecule has 0 bridgehead atoms. The van der Waals surface area contributed by atoms with E-state index in [9.17, 15) is 0 Å². The van der Waals surface area contributed by atoms with Gasteiger partial charge in [0.15, 0.2) is 0 Å². The van der Waals surface area contributed by atoms with Crippen LogP contribution in [0.3, 0.4) is 0 Å². The molecule has 0 amide bonds. The number of aliphatic hydroxyl groups is 1. The molecule has 3 unspecified atom stereocenters. The van der Waals surface area contributed by atoms with Crippen LogP contribution in [-0.4, -0.2) is 23.8 Å². The van der Waals surface area contributed by atoms with Crippen molar-refractivity contribution in [3.8, 4) is 0 Å². The predicted octanol–water partition coefficient (Wildman–Crippen LogP) is 2.71. The first-order valence-electron chi connectivity index (χ1n) is 7.20. The molecular formula is C14H27NO. The SMILES string of the molecule is CCC(CCO)NC1CCCC(C2CC2)C1. The number of nitrogens with one attached hydrogen (secondary N) is 1. The largest absolute Gasteiger partial charge is 0.396 e. The zero-order valence-corrected chi connectivity index (χ0v) is 10.6. The third-order valence-electron chi connectivity index (χ3n) is 4.45. The normalized spacial score (nSPS) is 32.6. The first-order valence-corrected chi connectivity index (χ1v) is 7.20. The van der Waals surface area contributed by atoms with Crippen molar-refractivity contribution in [1.29, 1.82) is 0 Å². The Bertz CT molecular complexity index is 203. The van der Waals surface area contributed by atoms with Crippen molar-refractivity contribution in [3.63, 3.8) is 0 Å². The van der Waals surface area contributed by atoms with Gasteiger partial charge >= 0.3 is 0 Å². The average molecular weight is 225 g/mol. The maximum Gasteiger partial charge on any atom is 0.0445 e. The standard InChI is InChI=1S/C14H27NO/c1-2-13(8-9-16)15-14-5-3-4-12(10-14)11-6-7-11/h11-16H,2-10H2,1H3. The summed E-state index contributed by atoms with van der Waals surface area (Å²) in [6, 6.07) is 1.27. The number of aliphatic hydroxyl groups excluding tert-OH is 1. The van der Waals surface area contributed by atoms with Crippen molar-refractivity contribution < 1.29 is 5.11 Å². The maximum absolute atomic E-state index is 9.01. The van der Waals surface area contributed by atoms with Crippen molar-refractivity contribution in [2.45, 2.75) is 70.4 Å². The fourth-order valence-corrected chi connectivity index (χ4v) is 3.27. The Hall–Kier alpha value is -0.0800. The third-order valence-corrected chi connectivity index (χ3v) is 4.45. The van der Waals surface area contributed by atoms with Gasteiger partial charge in [-0.1, -0.05) is 19.8 Å². The van der Waals surface area contributed by atoms with Gasteiger partial charge in [0.25, 0.3) is 0 Å². The van der Waals surface area contributed by atoms with E-state index in [-0.39, 0.29) is 0 Å². The molecule has 16 heavy (non-hydrogen) atoms. The van der Waals surface area contributed by atoms with Gasteiger partial charge in [-0.25, -0.2) is 0 Å². The molecule has 2 aliphatic rings. The molecule has 0 radical (unpaired) electrons. The fourth-order valence-electron chi connectivity index (χ4n) is 3.27. The lowest BCUT2D eigenvalue weighted by atomic mass is 9.82. The molecule has 2 saturated carbocycles. The van der Waals surface area contributed by atoms with Crippen LogP contribution >= 0.6 is 0 Å². The van der Waals surface area contributed by atoms with Gasteiger partial charge in [0.1, 0.15) is 0 Å². The van der Waals surface area contributed by atoms with E-state index in [4.69, 9.17) is 5.11 Å². The Labute approximate surface area is 99.8 Å². The lowest BCUT2D eigenvalue weighted by molar-refractivity contribution is 0.218. The second-order valence-electron chi connectivity index (χ2n) is 5.75. The molecule has 0 aromatic heterocycles. The summed E-state index contributed by atoms with van der Waals surface area (Å²) in [4.78, 5) is 0. The van der Waals surface area contributed by atoms with Crippen molar-refractivity contribution in [2.24, 2.45) is 11.8 Å². The molecule has 0 aromatic carbocycles. The van der Waals surface area contributed by atoms with E-state index in [0.717, 1.165) is 30.7 Å². The van der Waals surface area contributed by atoms with E-state index in [1.54, 1.807) is 0 Å². The Morgan fingerprint density at radius 2 is 2.00 bits per heavy atom. The Morgan fingerprint density at radius 3 is 2.62 bits per heavy atom. The Balaban J connectivity index is 1.74. The molecule has 0 saturated heterocycles. The lowest BCUT2D eigenvalue weighted by Crippen LogP contribution is -2.41. The minimum Gasteiger partial charge on any atom is -0.396 e. The molecule has 2 N–H and O–H groups in total. The van der Waals surface area contributed by atoms with Gasteiger partial charge in [-0.2, -0.15) is 0 Å².